The Morgan fingerprint density at radius 1 is 1.00 bits per heavy atom. The molecule has 0 aromatic heterocycles. The number of carbonyl (C=O) groups excluding carboxylic acids is 2. The number of Topliss-reactive ketones (excluding diaryl/α,β-unsaturated/α-hetero) is 1. The number of rotatable bonds is 4. The summed E-state index contributed by atoms with van der Waals surface area (Å²) < 4.78 is 44.4. The molecule has 0 radical (unpaired) electrons. The summed E-state index contributed by atoms with van der Waals surface area (Å²) in [7, 11) is 5.15. The SMILES string of the molecule is COC(=O)C1=C(C)NC2=C(C(=O)CC(c3ccc(N(C)C)cc3)C2)C1c1ccc(C(F)(F)F)cc1. The van der Waals surface area contributed by atoms with Gasteiger partial charge in [-0.2, -0.15) is 13.2 Å². The number of ketones is 1. The number of alkyl halides is 3. The number of esters is 1. The lowest BCUT2D eigenvalue weighted by Crippen LogP contribution is -2.36. The van der Waals surface area contributed by atoms with Crippen molar-refractivity contribution in [2.75, 3.05) is 26.1 Å². The van der Waals surface area contributed by atoms with Crippen LogP contribution in [0.25, 0.3) is 0 Å². The minimum atomic E-state index is -4.48. The Bertz CT molecular complexity index is 1210. The van der Waals surface area contributed by atoms with Crippen molar-refractivity contribution in [1.82, 2.24) is 5.32 Å². The van der Waals surface area contributed by atoms with Gasteiger partial charge in [0, 0.05) is 49.1 Å². The van der Waals surface area contributed by atoms with Gasteiger partial charge in [-0.1, -0.05) is 24.3 Å². The third-order valence-corrected chi connectivity index (χ3v) is 6.69. The summed E-state index contributed by atoms with van der Waals surface area (Å²) in [6.45, 7) is 1.72. The number of allylic oxidation sites excluding steroid dienone is 3. The second-order valence-corrected chi connectivity index (χ2v) is 9.11. The quantitative estimate of drug-likeness (QED) is 0.597. The van der Waals surface area contributed by atoms with E-state index in [1.165, 1.54) is 19.2 Å². The Morgan fingerprint density at radius 3 is 2.14 bits per heavy atom. The van der Waals surface area contributed by atoms with Crippen LogP contribution in [0.1, 0.15) is 48.3 Å². The number of nitrogens with zero attached hydrogens (tertiary/aromatic N) is 1. The monoisotopic (exact) mass is 484 g/mol. The van der Waals surface area contributed by atoms with Crippen molar-refractivity contribution in [2.45, 2.75) is 37.8 Å². The molecule has 2 aromatic rings. The van der Waals surface area contributed by atoms with E-state index in [9.17, 15) is 22.8 Å². The first-order valence-corrected chi connectivity index (χ1v) is 11.3. The first kappa shape index (κ1) is 24.6. The highest BCUT2D eigenvalue weighted by molar-refractivity contribution is 6.04. The van der Waals surface area contributed by atoms with Crippen molar-refractivity contribution in [3.63, 3.8) is 0 Å². The zero-order valence-corrected chi connectivity index (χ0v) is 20.0. The second kappa shape index (κ2) is 9.24. The van der Waals surface area contributed by atoms with E-state index in [1.807, 2.05) is 43.3 Å². The lowest BCUT2D eigenvalue weighted by atomic mass is 9.71. The first-order valence-electron chi connectivity index (χ1n) is 11.3. The molecular weight excluding hydrogens is 457 g/mol. The van der Waals surface area contributed by atoms with Crippen LogP contribution >= 0.6 is 0 Å². The van der Waals surface area contributed by atoms with Crippen LogP contribution in [0.5, 0.6) is 0 Å². The molecule has 1 aliphatic carbocycles. The van der Waals surface area contributed by atoms with E-state index < -0.39 is 23.6 Å². The summed E-state index contributed by atoms with van der Waals surface area (Å²) in [5, 5.41) is 3.23. The van der Waals surface area contributed by atoms with Crippen molar-refractivity contribution in [3.05, 3.63) is 87.8 Å². The van der Waals surface area contributed by atoms with E-state index in [0.717, 1.165) is 23.4 Å². The molecule has 1 heterocycles. The number of nitrogens with one attached hydrogen (secondary N) is 1. The Morgan fingerprint density at radius 2 is 1.60 bits per heavy atom. The molecule has 0 fully saturated rings. The van der Waals surface area contributed by atoms with Crippen molar-refractivity contribution in [1.29, 1.82) is 0 Å². The Balaban J connectivity index is 1.75. The number of hydrogen-bond acceptors (Lipinski definition) is 5. The van der Waals surface area contributed by atoms with Crippen LogP contribution in [0.3, 0.4) is 0 Å². The topological polar surface area (TPSA) is 58.6 Å². The lowest BCUT2D eigenvalue weighted by Gasteiger charge is -2.36. The predicted octanol–water partition coefficient (Wildman–Crippen LogP) is 5.31. The lowest BCUT2D eigenvalue weighted by molar-refractivity contribution is -0.138. The van der Waals surface area contributed by atoms with E-state index in [0.29, 0.717) is 29.0 Å². The molecule has 1 N–H and O–H groups in total. The van der Waals surface area contributed by atoms with E-state index in [-0.39, 0.29) is 23.7 Å². The average Bonchev–Trinajstić information content (AvgIpc) is 2.82. The highest BCUT2D eigenvalue weighted by atomic mass is 19.4. The number of carbonyl (C=O) groups is 2. The van der Waals surface area contributed by atoms with Crippen LogP contribution in [0, 0.1) is 0 Å². The summed E-state index contributed by atoms with van der Waals surface area (Å²) >= 11 is 0. The zero-order valence-electron chi connectivity index (χ0n) is 20.0. The molecule has 2 atom stereocenters. The smallest absolute Gasteiger partial charge is 0.416 e. The number of halogens is 3. The van der Waals surface area contributed by atoms with Gasteiger partial charge in [-0.25, -0.2) is 4.79 Å². The predicted molar refractivity (Wildman–Crippen MR) is 127 cm³/mol. The average molecular weight is 485 g/mol. The van der Waals surface area contributed by atoms with E-state index in [2.05, 4.69) is 5.32 Å². The normalized spacial score (nSPS) is 20.4. The second-order valence-electron chi connectivity index (χ2n) is 9.11. The van der Waals surface area contributed by atoms with Crippen molar-refractivity contribution in [3.8, 4) is 0 Å². The van der Waals surface area contributed by atoms with Crippen LogP contribution in [0.15, 0.2) is 71.1 Å². The van der Waals surface area contributed by atoms with Crippen LogP contribution in [0.2, 0.25) is 0 Å². The van der Waals surface area contributed by atoms with Gasteiger partial charge in [-0.3, -0.25) is 4.79 Å². The largest absolute Gasteiger partial charge is 0.466 e. The maximum atomic E-state index is 13.5. The van der Waals surface area contributed by atoms with Gasteiger partial charge in [-0.05, 0) is 54.7 Å². The molecule has 2 aliphatic rings. The summed E-state index contributed by atoms with van der Waals surface area (Å²) in [4.78, 5) is 28.2. The fourth-order valence-electron chi connectivity index (χ4n) is 4.90. The summed E-state index contributed by atoms with van der Waals surface area (Å²) in [6.07, 6.45) is -3.69. The molecular formula is C27H27F3N2O3. The van der Waals surface area contributed by atoms with Crippen LogP contribution < -0.4 is 10.2 Å². The molecule has 0 amide bonds. The van der Waals surface area contributed by atoms with Crippen molar-refractivity contribution in [2.24, 2.45) is 0 Å². The molecule has 0 saturated heterocycles. The van der Waals surface area contributed by atoms with Gasteiger partial charge in [0.25, 0.3) is 0 Å². The maximum Gasteiger partial charge on any atom is 0.416 e. The molecule has 2 unspecified atom stereocenters. The van der Waals surface area contributed by atoms with Crippen molar-refractivity contribution >= 4 is 17.4 Å². The highest BCUT2D eigenvalue weighted by Gasteiger charge is 2.41. The van der Waals surface area contributed by atoms with Gasteiger partial charge in [0.1, 0.15) is 0 Å². The molecule has 5 nitrogen and oxygen atoms in total. The standard InChI is InChI=1S/C27H27F3N2O3/c1-15-23(26(34)35-4)24(17-5-9-19(10-6-17)27(28,29)30)25-21(31-15)13-18(14-22(25)33)16-7-11-20(12-8-16)32(2)3/h5-12,18,24,31H,13-14H2,1-4H3. The van der Waals surface area contributed by atoms with E-state index in [1.54, 1.807) is 6.92 Å². The Kier molecular flexibility index (Phi) is 6.49. The molecule has 0 saturated carbocycles. The summed E-state index contributed by atoms with van der Waals surface area (Å²) in [5.41, 5.74) is 3.59. The van der Waals surface area contributed by atoms with Gasteiger partial charge in [0.15, 0.2) is 5.78 Å². The number of hydrogen-bond donors (Lipinski definition) is 1. The molecule has 4 rings (SSSR count). The van der Waals surface area contributed by atoms with Gasteiger partial charge < -0.3 is 15.0 Å². The minimum absolute atomic E-state index is 0.0503. The number of benzene rings is 2. The van der Waals surface area contributed by atoms with Crippen LogP contribution in [0.4, 0.5) is 18.9 Å². The van der Waals surface area contributed by atoms with Gasteiger partial charge >= 0.3 is 12.1 Å². The maximum absolute atomic E-state index is 13.5. The van der Waals surface area contributed by atoms with Gasteiger partial charge in [0.05, 0.1) is 18.2 Å². The van der Waals surface area contributed by atoms with E-state index >= 15 is 0 Å². The van der Waals surface area contributed by atoms with Gasteiger partial charge in [0.2, 0.25) is 0 Å². The van der Waals surface area contributed by atoms with Crippen LogP contribution in [-0.2, 0) is 20.5 Å². The molecule has 35 heavy (non-hydrogen) atoms. The van der Waals surface area contributed by atoms with E-state index in [4.69, 9.17) is 4.74 Å². The number of ether oxygens (including phenoxy) is 1. The molecule has 2 aromatic carbocycles. The fraction of sp³-hybridized carbons (Fsp3) is 0.333. The molecule has 1 aliphatic heterocycles. The number of methoxy groups -OCH3 is 1. The molecule has 184 valence electrons. The Hall–Kier alpha value is -3.55. The Labute approximate surface area is 202 Å². The minimum Gasteiger partial charge on any atom is -0.466 e. The van der Waals surface area contributed by atoms with Crippen molar-refractivity contribution < 1.29 is 27.5 Å². The zero-order chi connectivity index (χ0) is 25.5. The first-order chi connectivity index (χ1) is 16.5. The number of dihydropyridines is 1. The fourth-order valence-corrected chi connectivity index (χ4v) is 4.90. The van der Waals surface area contributed by atoms with Gasteiger partial charge in [-0.15, -0.1) is 0 Å². The summed E-state index contributed by atoms with van der Waals surface area (Å²) in [6, 6.07) is 12.6. The third-order valence-electron chi connectivity index (χ3n) is 6.69. The number of anilines is 1. The molecule has 0 spiro atoms. The summed E-state index contributed by atoms with van der Waals surface area (Å²) in [5.74, 6) is -1.61. The molecule has 0 bridgehead atoms. The molecule has 8 heteroatoms. The highest BCUT2D eigenvalue weighted by Crippen LogP contribution is 2.46. The van der Waals surface area contributed by atoms with Crippen LogP contribution in [-0.4, -0.2) is 33.0 Å². The third kappa shape index (κ3) is 4.70.